The van der Waals surface area contributed by atoms with E-state index in [9.17, 15) is 13.2 Å². The maximum Gasteiger partial charge on any atom is 0.243 e. The van der Waals surface area contributed by atoms with Gasteiger partial charge in [-0.3, -0.25) is 4.79 Å². The molecule has 2 rings (SSSR count). The topological polar surface area (TPSA) is 66.5 Å². The van der Waals surface area contributed by atoms with Gasteiger partial charge in [0.15, 0.2) is 0 Å². The highest BCUT2D eigenvalue weighted by Crippen LogP contribution is 2.28. The molecule has 0 atom stereocenters. The van der Waals surface area contributed by atoms with E-state index in [1.54, 1.807) is 0 Å². The third-order valence-electron chi connectivity index (χ3n) is 3.70. The van der Waals surface area contributed by atoms with Crippen molar-refractivity contribution in [3.8, 4) is 0 Å². The standard InChI is InChI=1S/C14H18Cl2N2O3S/c1-2-17-14(19)10-5-7-18(8-6-10)22(20,21)11-3-4-12(15)13(16)9-11/h3-4,9-10H,2,5-8H2,1H3,(H,17,19). The molecular weight excluding hydrogens is 347 g/mol. The molecular formula is C14H18Cl2N2O3S. The summed E-state index contributed by atoms with van der Waals surface area (Å²) in [4.78, 5) is 11.9. The summed E-state index contributed by atoms with van der Waals surface area (Å²) in [6, 6.07) is 4.27. The highest BCUT2D eigenvalue weighted by molar-refractivity contribution is 7.89. The number of nitrogens with zero attached hydrogens (tertiary/aromatic N) is 1. The molecule has 0 bridgehead atoms. The molecule has 1 fully saturated rings. The van der Waals surface area contributed by atoms with Gasteiger partial charge in [-0.15, -0.1) is 0 Å². The van der Waals surface area contributed by atoms with Gasteiger partial charge in [0, 0.05) is 25.6 Å². The van der Waals surface area contributed by atoms with Gasteiger partial charge in [-0.05, 0) is 38.0 Å². The SMILES string of the molecule is CCNC(=O)C1CCN(S(=O)(=O)c2ccc(Cl)c(Cl)c2)CC1. The van der Waals surface area contributed by atoms with Gasteiger partial charge in [0.2, 0.25) is 15.9 Å². The molecule has 1 aromatic rings. The number of rotatable bonds is 4. The van der Waals surface area contributed by atoms with Gasteiger partial charge in [0.25, 0.3) is 0 Å². The second kappa shape index (κ2) is 7.17. The molecule has 1 saturated heterocycles. The van der Waals surface area contributed by atoms with Gasteiger partial charge < -0.3 is 5.32 Å². The molecule has 1 N–H and O–H groups in total. The Morgan fingerprint density at radius 3 is 2.45 bits per heavy atom. The minimum absolute atomic E-state index is 0.00548. The van der Waals surface area contributed by atoms with Crippen LogP contribution < -0.4 is 5.32 Å². The Hall–Kier alpha value is -0.820. The van der Waals surface area contributed by atoms with E-state index in [1.165, 1.54) is 22.5 Å². The van der Waals surface area contributed by atoms with Gasteiger partial charge in [-0.2, -0.15) is 4.31 Å². The first-order valence-corrected chi connectivity index (χ1v) is 9.28. The molecule has 1 heterocycles. The summed E-state index contributed by atoms with van der Waals surface area (Å²) in [7, 11) is -3.60. The number of sulfonamides is 1. The van der Waals surface area contributed by atoms with Gasteiger partial charge in [0.05, 0.1) is 14.9 Å². The van der Waals surface area contributed by atoms with Crippen LogP contribution >= 0.6 is 23.2 Å². The van der Waals surface area contributed by atoms with Crippen LogP contribution in [0.2, 0.25) is 10.0 Å². The maximum absolute atomic E-state index is 12.6. The third kappa shape index (κ3) is 3.74. The van der Waals surface area contributed by atoms with Crippen molar-refractivity contribution in [2.45, 2.75) is 24.7 Å². The number of hydrogen-bond acceptors (Lipinski definition) is 3. The Labute approximate surface area is 140 Å². The first kappa shape index (κ1) is 17.5. The van der Waals surface area contributed by atoms with Crippen molar-refractivity contribution in [3.05, 3.63) is 28.2 Å². The van der Waals surface area contributed by atoms with E-state index in [0.717, 1.165) is 0 Å². The van der Waals surface area contributed by atoms with Crippen molar-refractivity contribution in [3.63, 3.8) is 0 Å². The Balaban J connectivity index is 2.09. The predicted molar refractivity (Wildman–Crippen MR) is 86.6 cm³/mol. The van der Waals surface area contributed by atoms with Crippen LogP contribution in [0.1, 0.15) is 19.8 Å². The lowest BCUT2D eigenvalue weighted by atomic mass is 9.97. The monoisotopic (exact) mass is 364 g/mol. The molecule has 0 saturated carbocycles. The average molecular weight is 365 g/mol. The Morgan fingerprint density at radius 2 is 1.91 bits per heavy atom. The fraction of sp³-hybridized carbons (Fsp3) is 0.500. The van der Waals surface area contributed by atoms with Crippen molar-refractivity contribution >= 4 is 39.1 Å². The summed E-state index contributed by atoms with van der Waals surface area (Å²) in [6.45, 7) is 3.09. The molecule has 1 aliphatic heterocycles. The highest BCUT2D eigenvalue weighted by atomic mass is 35.5. The average Bonchev–Trinajstić information content (AvgIpc) is 2.50. The molecule has 0 aliphatic carbocycles. The minimum atomic E-state index is -3.60. The molecule has 0 aromatic heterocycles. The number of benzene rings is 1. The number of piperidine rings is 1. The molecule has 22 heavy (non-hydrogen) atoms. The van der Waals surface area contributed by atoms with Crippen molar-refractivity contribution in [1.29, 1.82) is 0 Å². The van der Waals surface area contributed by atoms with Gasteiger partial charge in [-0.25, -0.2) is 8.42 Å². The zero-order chi connectivity index (χ0) is 16.3. The zero-order valence-electron chi connectivity index (χ0n) is 12.2. The predicted octanol–water partition coefficient (Wildman–Crippen LogP) is 2.53. The van der Waals surface area contributed by atoms with Crippen molar-refractivity contribution in [2.75, 3.05) is 19.6 Å². The lowest BCUT2D eigenvalue weighted by Gasteiger charge is -2.30. The summed E-state index contributed by atoms with van der Waals surface area (Å²) in [5, 5.41) is 3.30. The summed E-state index contributed by atoms with van der Waals surface area (Å²) in [5.74, 6) is -0.130. The normalized spacial score (nSPS) is 17.4. The van der Waals surface area contributed by atoms with Crippen LogP contribution in [0, 0.1) is 5.92 Å². The number of carbonyl (C=O) groups excluding carboxylic acids is 1. The van der Waals surface area contributed by atoms with E-state index in [2.05, 4.69) is 5.32 Å². The fourth-order valence-corrected chi connectivity index (χ4v) is 4.32. The first-order chi connectivity index (χ1) is 10.4. The number of halogens is 2. The van der Waals surface area contributed by atoms with Crippen molar-refractivity contribution < 1.29 is 13.2 Å². The van der Waals surface area contributed by atoms with Crippen LogP contribution in [0.4, 0.5) is 0 Å². The number of amides is 1. The van der Waals surface area contributed by atoms with E-state index in [4.69, 9.17) is 23.2 Å². The van der Waals surface area contributed by atoms with Crippen molar-refractivity contribution in [2.24, 2.45) is 5.92 Å². The molecule has 122 valence electrons. The van der Waals surface area contributed by atoms with Gasteiger partial charge in [-0.1, -0.05) is 23.2 Å². The number of nitrogens with one attached hydrogen (secondary N) is 1. The Bertz CT molecular complexity index is 656. The second-order valence-corrected chi connectivity index (χ2v) is 7.90. The van der Waals surface area contributed by atoms with E-state index in [0.29, 0.717) is 37.5 Å². The van der Waals surface area contributed by atoms with Crippen LogP contribution in [0.15, 0.2) is 23.1 Å². The van der Waals surface area contributed by atoms with Crippen LogP contribution in [0.25, 0.3) is 0 Å². The van der Waals surface area contributed by atoms with Crippen molar-refractivity contribution in [1.82, 2.24) is 9.62 Å². The summed E-state index contributed by atoms with van der Waals surface area (Å²) in [5.41, 5.74) is 0. The largest absolute Gasteiger partial charge is 0.356 e. The van der Waals surface area contributed by atoms with Gasteiger partial charge >= 0.3 is 0 Å². The van der Waals surface area contributed by atoms with Crippen LogP contribution in [-0.2, 0) is 14.8 Å². The summed E-state index contributed by atoms with van der Waals surface area (Å²) < 4.78 is 26.5. The lowest BCUT2D eigenvalue weighted by molar-refractivity contribution is -0.126. The molecule has 5 nitrogen and oxygen atoms in total. The van der Waals surface area contributed by atoms with Gasteiger partial charge in [0.1, 0.15) is 0 Å². The van der Waals surface area contributed by atoms with E-state index < -0.39 is 10.0 Å². The lowest BCUT2D eigenvalue weighted by Crippen LogP contribution is -2.42. The Kier molecular flexibility index (Phi) is 5.71. The quantitative estimate of drug-likeness (QED) is 0.892. The van der Waals surface area contributed by atoms with Crippen LogP contribution in [0.3, 0.4) is 0 Å². The van der Waals surface area contributed by atoms with Crippen LogP contribution in [0.5, 0.6) is 0 Å². The smallest absolute Gasteiger partial charge is 0.243 e. The first-order valence-electron chi connectivity index (χ1n) is 7.09. The van der Waals surface area contributed by atoms with E-state index in [-0.39, 0.29) is 21.7 Å². The molecule has 0 radical (unpaired) electrons. The molecule has 1 aromatic carbocycles. The molecule has 0 unspecified atom stereocenters. The summed E-state index contributed by atoms with van der Waals surface area (Å²) >= 11 is 11.7. The number of hydrogen-bond donors (Lipinski definition) is 1. The van der Waals surface area contributed by atoms with E-state index in [1.807, 2.05) is 6.92 Å². The maximum atomic E-state index is 12.6. The third-order valence-corrected chi connectivity index (χ3v) is 6.34. The molecule has 1 aliphatic rings. The summed E-state index contributed by atoms with van der Waals surface area (Å²) in [6.07, 6.45) is 1.04. The molecule has 8 heteroatoms. The number of carbonyl (C=O) groups is 1. The fourth-order valence-electron chi connectivity index (χ4n) is 2.46. The minimum Gasteiger partial charge on any atom is -0.356 e. The molecule has 0 spiro atoms. The van der Waals surface area contributed by atoms with E-state index >= 15 is 0 Å². The highest BCUT2D eigenvalue weighted by Gasteiger charge is 2.32. The second-order valence-electron chi connectivity index (χ2n) is 5.15. The molecule has 1 amide bonds. The van der Waals surface area contributed by atoms with Crippen LogP contribution in [-0.4, -0.2) is 38.3 Å². The zero-order valence-corrected chi connectivity index (χ0v) is 14.5. The Morgan fingerprint density at radius 1 is 1.27 bits per heavy atom.